The molecule has 0 saturated heterocycles. The molecule has 0 aromatic heterocycles. The van der Waals surface area contributed by atoms with Crippen LogP contribution in [0.4, 0.5) is 0 Å². The van der Waals surface area contributed by atoms with Gasteiger partial charge in [-0.05, 0) is 45.6 Å². The number of nitrogens with two attached hydrogens (primary N) is 1. The van der Waals surface area contributed by atoms with Gasteiger partial charge in [0.2, 0.25) is 0 Å². The molecule has 0 heterocycles. The third-order valence-electron chi connectivity index (χ3n) is 1.92. The molecule has 1 unspecified atom stereocenters. The van der Waals surface area contributed by atoms with Crippen LogP contribution in [-0.4, -0.2) is 6.54 Å². The monoisotopic (exact) mass is 167 g/mol. The highest BCUT2D eigenvalue weighted by atomic mass is 14.5. The highest BCUT2D eigenvalue weighted by Crippen LogP contribution is 2.13. The van der Waals surface area contributed by atoms with Crippen molar-refractivity contribution in [2.75, 3.05) is 6.54 Å². The van der Waals surface area contributed by atoms with E-state index in [1.54, 1.807) is 0 Å². The van der Waals surface area contributed by atoms with E-state index in [9.17, 15) is 0 Å². The molecule has 2 N–H and O–H groups in total. The van der Waals surface area contributed by atoms with Gasteiger partial charge >= 0.3 is 0 Å². The van der Waals surface area contributed by atoms with Crippen LogP contribution in [0.15, 0.2) is 24.3 Å². The molecular weight excluding hydrogens is 146 g/mol. The summed E-state index contributed by atoms with van der Waals surface area (Å²) in [6.07, 6.45) is 12.2. The fourth-order valence-electron chi connectivity index (χ4n) is 1.26. The number of rotatable bonds is 6. The van der Waals surface area contributed by atoms with Crippen molar-refractivity contribution >= 4 is 0 Å². The molecule has 12 heavy (non-hydrogen) atoms. The Morgan fingerprint density at radius 3 is 2.50 bits per heavy atom. The zero-order valence-electron chi connectivity index (χ0n) is 8.29. The van der Waals surface area contributed by atoms with Crippen LogP contribution in [0.3, 0.4) is 0 Å². The first kappa shape index (κ1) is 11.4. The zero-order chi connectivity index (χ0) is 9.23. The lowest BCUT2D eigenvalue weighted by molar-refractivity contribution is 0.572. The van der Waals surface area contributed by atoms with E-state index in [0.29, 0.717) is 5.92 Å². The van der Waals surface area contributed by atoms with E-state index in [1.807, 2.05) is 0 Å². The normalized spacial score (nSPS) is 14.6. The topological polar surface area (TPSA) is 26.0 Å². The highest BCUT2D eigenvalue weighted by molar-refractivity contribution is 4.91. The Morgan fingerprint density at radius 2 is 2.00 bits per heavy atom. The summed E-state index contributed by atoms with van der Waals surface area (Å²) in [5.74, 6) is 0.690. The summed E-state index contributed by atoms with van der Waals surface area (Å²) < 4.78 is 0. The molecule has 1 atom stereocenters. The Morgan fingerprint density at radius 1 is 1.25 bits per heavy atom. The van der Waals surface area contributed by atoms with Gasteiger partial charge in [-0.2, -0.15) is 0 Å². The second-order valence-electron chi connectivity index (χ2n) is 3.02. The van der Waals surface area contributed by atoms with Crippen LogP contribution in [0, 0.1) is 5.92 Å². The lowest BCUT2D eigenvalue weighted by Crippen LogP contribution is -2.02. The maximum atomic E-state index is 5.46. The number of allylic oxidation sites excluding steroid dienone is 4. The standard InChI is InChI=1S/C11H21N/c1-3-5-8-11(7-4-2)9-6-10-12/h3-5,7,11H,6,8-10,12H2,1-2H3/b5-3+,7-4-. The number of hydrogen-bond acceptors (Lipinski definition) is 1. The predicted molar refractivity (Wildman–Crippen MR) is 56.0 cm³/mol. The van der Waals surface area contributed by atoms with Gasteiger partial charge in [-0.3, -0.25) is 0 Å². The Bertz CT molecular complexity index is 136. The van der Waals surface area contributed by atoms with Gasteiger partial charge in [0, 0.05) is 0 Å². The van der Waals surface area contributed by atoms with Crippen molar-refractivity contribution in [3.8, 4) is 0 Å². The minimum absolute atomic E-state index is 0.690. The average molecular weight is 167 g/mol. The van der Waals surface area contributed by atoms with Crippen LogP contribution in [0.2, 0.25) is 0 Å². The molecule has 1 nitrogen and oxygen atoms in total. The molecule has 0 aliphatic carbocycles. The molecule has 0 aromatic rings. The molecular formula is C11H21N. The van der Waals surface area contributed by atoms with E-state index in [4.69, 9.17) is 5.73 Å². The van der Waals surface area contributed by atoms with E-state index >= 15 is 0 Å². The fourth-order valence-corrected chi connectivity index (χ4v) is 1.26. The van der Waals surface area contributed by atoms with Gasteiger partial charge in [0.1, 0.15) is 0 Å². The van der Waals surface area contributed by atoms with Gasteiger partial charge in [0.05, 0.1) is 0 Å². The Hall–Kier alpha value is -0.560. The first-order valence-electron chi connectivity index (χ1n) is 4.79. The van der Waals surface area contributed by atoms with Crippen molar-refractivity contribution in [2.45, 2.75) is 33.1 Å². The maximum Gasteiger partial charge on any atom is -0.00771 e. The van der Waals surface area contributed by atoms with Crippen LogP contribution in [-0.2, 0) is 0 Å². The molecule has 0 radical (unpaired) electrons. The molecule has 0 rings (SSSR count). The minimum Gasteiger partial charge on any atom is -0.330 e. The summed E-state index contributed by atoms with van der Waals surface area (Å²) in [6.45, 7) is 4.95. The molecule has 1 heteroatoms. The third-order valence-corrected chi connectivity index (χ3v) is 1.92. The van der Waals surface area contributed by atoms with Crippen molar-refractivity contribution in [3.05, 3.63) is 24.3 Å². The van der Waals surface area contributed by atoms with Gasteiger partial charge in [-0.15, -0.1) is 0 Å². The first-order valence-corrected chi connectivity index (χ1v) is 4.79. The molecule has 0 aliphatic heterocycles. The van der Waals surface area contributed by atoms with E-state index < -0.39 is 0 Å². The number of hydrogen-bond donors (Lipinski definition) is 1. The van der Waals surface area contributed by atoms with Crippen molar-refractivity contribution < 1.29 is 0 Å². The largest absolute Gasteiger partial charge is 0.330 e. The van der Waals surface area contributed by atoms with Gasteiger partial charge in [0.15, 0.2) is 0 Å². The molecule has 0 bridgehead atoms. The molecule has 70 valence electrons. The molecule has 0 saturated carbocycles. The Kier molecular flexibility index (Phi) is 8.14. The Balaban J connectivity index is 3.69. The SMILES string of the molecule is C/C=C\C(C/C=C/C)CCCN. The van der Waals surface area contributed by atoms with Crippen molar-refractivity contribution in [1.29, 1.82) is 0 Å². The minimum atomic E-state index is 0.690. The molecule has 0 amide bonds. The van der Waals surface area contributed by atoms with E-state index in [0.717, 1.165) is 19.4 Å². The molecule has 0 aromatic carbocycles. The fraction of sp³-hybridized carbons (Fsp3) is 0.636. The third kappa shape index (κ3) is 6.17. The summed E-state index contributed by atoms with van der Waals surface area (Å²) >= 11 is 0. The summed E-state index contributed by atoms with van der Waals surface area (Å²) in [7, 11) is 0. The van der Waals surface area contributed by atoms with Crippen LogP contribution in [0.1, 0.15) is 33.1 Å². The van der Waals surface area contributed by atoms with Crippen LogP contribution < -0.4 is 5.73 Å². The van der Waals surface area contributed by atoms with E-state index in [-0.39, 0.29) is 0 Å². The predicted octanol–water partition coefficient (Wildman–Crippen LogP) is 2.88. The summed E-state index contributed by atoms with van der Waals surface area (Å²) in [4.78, 5) is 0. The molecule has 0 fully saturated rings. The Labute approximate surface area is 76.3 Å². The lowest BCUT2D eigenvalue weighted by atomic mass is 9.99. The zero-order valence-corrected chi connectivity index (χ0v) is 8.29. The maximum absolute atomic E-state index is 5.46. The smallest absolute Gasteiger partial charge is 0.00771 e. The van der Waals surface area contributed by atoms with Gasteiger partial charge < -0.3 is 5.73 Å². The highest BCUT2D eigenvalue weighted by Gasteiger charge is 2.00. The summed E-state index contributed by atoms with van der Waals surface area (Å²) in [5.41, 5.74) is 5.46. The summed E-state index contributed by atoms with van der Waals surface area (Å²) in [5, 5.41) is 0. The van der Waals surface area contributed by atoms with Gasteiger partial charge in [0.25, 0.3) is 0 Å². The van der Waals surface area contributed by atoms with Crippen molar-refractivity contribution in [1.82, 2.24) is 0 Å². The first-order chi connectivity index (χ1) is 5.85. The van der Waals surface area contributed by atoms with Crippen LogP contribution in [0.25, 0.3) is 0 Å². The van der Waals surface area contributed by atoms with E-state index in [1.165, 1.54) is 6.42 Å². The average Bonchev–Trinajstić information content (AvgIpc) is 2.10. The van der Waals surface area contributed by atoms with Crippen LogP contribution in [0.5, 0.6) is 0 Å². The second kappa shape index (κ2) is 8.54. The summed E-state index contributed by atoms with van der Waals surface area (Å²) in [6, 6.07) is 0. The van der Waals surface area contributed by atoms with Gasteiger partial charge in [-0.1, -0.05) is 24.3 Å². The molecule has 0 aliphatic rings. The lowest BCUT2D eigenvalue weighted by Gasteiger charge is -2.08. The quantitative estimate of drug-likeness (QED) is 0.605. The van der Waals surface area contributed by atoms with Crippen LogP contribution >= 0.6 is 0 Å². The van der Waals surface area contributed by atoms with Crippen molar-refractivity contribution in [3.63, 3.8) is 0 Å². The van der Waals surface area contributed by atoms with E-state index in [2.05, 4.69) is 38.2 Å². The molecule has 0 spiro atoms. The van der Waals surface area contributed by atoms with Crippen molar-refractivity contribution in [2.24, 2.45) is 11.7 Å². The second-order valence-corrected chi connectivity index (χ2v) is 3.02. The van der Waals surface area contributed by atoms with Gasteiger partial charge in [-0.25, -0.2) is 0 Å².